The maximum Gasteiger partial charge on any atom is 0.422 e. The SMILES string of the molecule is CCCCCC1CCC(C2CCC(C3CCC(C(F)(F)Oc4ccc(-c5cc(F)c(C(F)(F)F)c(F)c5)c(F)c4)CC3)CC2)CC1. The first-order valence-electron chi connectivity index (χ1n) is 17.3. The van der Waals surface area contributed by atoms with E-state index >= 15 is 8.78 Å². The largest absolute Gasteiger partial charge is 0.432 e. The molecule has 46 heavy (non-hydrogen) atoms. The van der Waals surface area contributed by atoms with E-state index in [-0.39, 0.29) is 0 Å². The summed E-state index contributed by atoms with van der Waals surface area (Å²) in [6, 6.07) is 3.40. The highest BCUT2D eigenvalue weighted by molar-refractivity contribution is 5.66. The van der Waals surface area contributed by atoms with Gasteiger partial charge in [-0.1, -0.05) is 45.4 Å². The van der Waals surface area contributed by atoms with E-state index < -0.39 is 58.1 Å². The van der Waals surface area contributed by atoms with Crippen LogP contribution in [-0.4, -0.2) is 6.11 Å². The Morgan fingerprint density at radius 2 is 1.13 bits per heavy atom. The topological polar surface area (TPSA) is 9.23 Å². The molecule has 0 saturated heterocycles. The van der Waals surface area contributed by atoms with Gasteiger partial charge in [0, 0.05) is 11.6 Å². The molecule has 1 nitrogen and oxygen atoms in total. The van der Waals surface area contributed by atoms with Crippen LogP contribution >= 0.6 is 0 Å². The van der Waals surface area contributed by atoms with Crippen LogP contribution in [0.25, 0.3) is 11.1 Å². The molecule has 2 aromatic carbocycles. The molecule has 3 fully saturated rings. The van der Waals surface area contributed by atoms with Crippen LogP contribution in [0.1, 0.15) is 115 Å². The van der Waals surface area contributed by atoms with Crippen LogP contribution in [0.3, 0.4) is 0 Å². The number of benzene rings is 2. The summed E-state index contributed by atoms with van der Waals surface area (Å²) in [4.78, 5) is 0. The number of unbranched alkanes of at least 4 members (excludes halogenated alkanes) is 2. The highest BCUT2D eigenvalue weighted by atomic mass is 19.4. The number of hydrogen-bond acceptors (Lipinski definition) is 1. The maximum absolute atomic E-state index is 15.2. The van der Waals surface area contributed by atoms with Crippen molar-refractivity contribution in [1.29, 1.82) is 0 Å². The second kappa shape index (κ2) is 14.8. The fourth-order valence-corrected chi connectivity index (χ4v) is 8.68. The quantitative estimate of drug-likeness (QED) is 0.182. The molecule has 3 aliphatic carbocycles. The van der Waals surface area contributed by atoms with Gasteiger partial charge in [-0.05, 0) is 124 Å². The van der Waals surface area contributed by atoms with Gasteiger partial charge >= 0.3 is 12.3 Å². The van der Waals surface area contributed by atoms with Gasteiger partial charge < -0.3 is 4.74 Å². The summed E-state index contributed by atoms with van der Waals surface area (Å²) in [6.07, 6.45) is 8.97. The van der Waals surface area contributed by atoms with Gasteiger partial charge in [0.05, 0.1) is 5.92 Å². The standard InChI is InChI=1S/C37H46F8O/c1-2-3-4-5-23-6-8-24(9-7-23)25-10-12-26(13-11-25)27-14-16-29(17-15-27)37(44,45)46-30-18-19-31(32(38)22-30)28-20-33(39)35(34(40)21-28)36(41,42)43/h18-27,29H,2-17H2,1H3. The molecule has 256 valence electrons. The molecule has 0 radical (unpaired) electrons. The van der Waals surface area contributed by atoms with Crippen molar-refractivity contribution in [3.05, 3.63) is 53.3 Å². The molecule has 0 bridgehead atoms. The minimum absolute atomic E-state index is 0.310. The van der Waals surface area contributed by atoms with Crippen LogP contribution in [0.2, 0.25) is 0 Å². The number of halogens is 8. The molecule has 0 amide bonds. The molecular formula is C37H46F8O. The highest BCUT2D eigenvalue weighted by Crippen LogP contribution is 2.48. The third kappa shape index (κ3) is 8.39. The predicted octanol–water partition coefficient (Wildman–Crippen LogP) is 12.8. The van der Waals surface area contributed by atoms with Gasteiger partial charge in [-0.3, -0.25) is 0 Å². The zero-order valence-corrected chi connectivity index (χ0v) is 26.6. The van der Waals surface area contributed by atoms with Crippen molar-refractivity contribution in [2.45, 2.75) is 122 Å². The van der Waals surface area contributed by atoms with E-state index in [1.54, 1.807) is 0 Å². The molecule has 5 rings (SSSR count). The normalized spacial score (nSPS) is 27.8. The molecule has 0 unspecified atom stereocenters. The molecule has 0 aromatic heterocycles. The molecule has 0 spiro atoms. The minimum atomic E-state index is -5.26. The number of alkyl halides is 5. The van der Waals surface area contributed by atoms with Crippen molar-refractivity contribution in [3.8, 4) is 16.9 Å². The zero-order chi connectivity index (χ0) is 33.1. The molecule has 3 aliphatic rings. The predicted molar refractivity (Wildman–Crippen MR) is 163 cm³/mol. The summed E-state index contributed by atoms with van der Waals surface area (Å²) in [6.45, 7) is 2.26. The van der Waals surface area contributed by atoms with Gasteiger partial charge in [0.2, 0.25) is 0 Å². The molecular weight excluding hydrogens is 612 g/mol. The molecule has 0 aliphatic heterocycles. The first-order valence-corrected chi connectivity index (χ1v) is 17.3. The van der Waals surface area contributed by atoms with Crippen molar-refractivity contribution >= 4 is 0 Å². The van der Waals surface area contributed by atoms with Crippen LogP contribution in [0.15, 0.2) is 30.3 Å². The number of hydrogen-bond donors (Lipinski definition) is 0. The van der Waals surface area contributed by atoms with E-state index in [1.165, 1.54) is 77.0 Å². The van der Waals surface area contributed by atoms with E-state index in [0.29, 0.717) is 55.7 Å². The van der Waals surface area contributed by atoms with E-state index in [2.05, 4.69) is 6.92 Å². The Kier molecular flexibility index (Phi) is 11.3. The Labute approximate surface area is 267 Å². The molecule has 0 heterocycles. The Balaban J connectivity index is 1.09. The van der Waals surface area contributed by atoms with Crippen LogP contribution in [0, 0.1) is 53.0 Å². The van der Waals surface area contributed by atoms with Gasteiger partial charge in [0.25, 0.3) is 0 Å². The molecule has 3 saturated carbocycles. The molecule has 9 heteroatoms. The van der Waals surface area contributed by atoms with E-state index in [4.69, 9.17) is 4.74 Å². The first-order chi connectivity index (χ1) is 21.9. The van der Waals surface area contributed by atoms with Crippen molar-refractivity contribution in [1.82, 2.24) is 0 Å². The summed E-state index contributed by atoms with van der Waals surface area (Å²) in [5.74, 6) is -2.83. The molecule has 0 atom stereocenters. The summed E-state index contributed by atoms with van der Waals surface area (Å²) in [5.41, 5.74) is -3.01. The smallest absolute Gasteiger partial charge is 0.422 e. The lowest BCUT2D eigenvalue weighted by Crippen LogP contribution is -2.38. The average Bonchev–Trinajstić information content (AvgIpc) is 3.00. The average molecular weight is 659 g/mol. The third-order valence-electron chi connectivity index (χ3n) is 11.3. The lowest BCUT2D eigenvalue weighted by Gasteiger charge is -2.42. The monoisotopic (exact) mass is 658 g/mol. The van der Waals surface area contributed by atoms with Gasteiger partial charge in [-0.2, -0.15) is 22.0 Å². The minimum Gasteiger partial charge on any atom is -0.432 e. The Morgan fingerprint density at radius 1 is 0.630 bits per heavy atom. The Hall–Kier alpha value is -2.32. The van der Waals surface area contributed by atoms with Crippen LogP contribution in [-0.2, 0) is 6.18 Å². The Morgan fingerprint density at radius 3 is 1.61 bits per heavy atom. The summed E-state index contributed by atoms with van der Waals surface area (Å²) < 4.78 is 117. The second-order valence-electron chi connectivity index (χ2n) is 14.2. The van der Waals surface area contributed by atoms with Crippen LogP contribution in [0.4, 0.5) is 35.1 Å². The first kappa shape index (κ1) is 35.0. The van der Waals surface area contributed by atoms with E-state index in [9.17, 15) is 26.3 Å². The van der Waals surface area contributed by atoms with Crippen molar-refractivity contribution in [2.75, 3.05) is 0 Å². The third-order valence-corrected chi connectivity index (χ3v) is 11.3. The van der Waals surface area contributed by atoms with Gasteiger partial charge in [0.15, 0.2) is 0 Å². The van der Waals surface area contributed by atoms with Crippen LogP contribution in [0.5, 0.6) is 5.75 Å². The van der Waals surface area contributed by atoms with Gasteiger partial charge in [0.1, 0.15) is 28.8 Å². The lowest BCUT2D eigenvalue weighted by molar-refractivity contribution is -0.224. The maximum atomic E-state index is 15.2. The summed E-state index contributed by atoms with van der Waals surface area (Å²) >= 11 is 0. The Bertz CT molecular complexity index is 1260. The lowest BCUT2D eigenvalue weighted by atomic mass is 9.65. The van der Waals surface area contributed by atoms with E-state index in [1.807, 2.05) is 0 Å². The number of ether oxygens (including phenoxy) is 1. The molecule has 0 N–H and O–H groups in total. The van der Waals surface area contributed by atoms with Crippen LogP contribution < -0.4 is 4.74 Å². The zero-order valence-electron chi connectivity index (χ0n) is 26.6. The van der Waals surface area contributed by atoms with Gasteiger partial charge in [-0.15, -0.1) is 0 Å². The van der Waals surface area contributed by atoms with Crippen molar-refractivity contribution in [3.63, 3.8) is 0 Å². The fraction of sp³-hybridized carbons (Fsp3) is 0.676. The fourth-order valence-electron chi connectivity index (χ4n) is 8.68. The number of rotatable bonds is 10. The van der Waals surface area contributed by atoms with E-state index in [0.717, 1.165) is 29.9 Å². The van der Waals surface area contributed by atoms with Gasteiger partial charge in [-0.25, -0.2) is 13.2 Å². The highest BCUT2D eigenvalue weighted by Gasteiger charge is 2.45. The summed E-state index contributed by atoms with van der Waals surface area (Å²) in [7, 11) is 0. The van der Waals surface area contributed by atoms with Crippen molar-refractivity contribution < 1.29 is 39.9 Å². The van der Waals surface area contributed by atoms with Crippen molar-refractivity contribution in [2.24, 2.45) is 35.5 Å². The summed E-state index contributed by atoms with van der Waals surface area (Å²) in [5, 5.41) is 0. The second-order valence-corrected chi connectivity index (χ2v) is 14.2. The molecule has 2 aromatic rings.